The molecule has 1 aliphatic heterocycles. The molecule has 37 heavy (non-hydrogen) atoms. The second-order valence-corrected chi connectivity index (χ2v) is 9.65. The fraction of sp³-hybridized carbons (Fsp3) is 0.333. The van der Waals surface area contributed by atoms with Gasteiger partial charge in [-0.1, -0.05) is 36.4 Å². The zero-order valence-electron chi connectivity index (χ0n) is 22.1. The first-order chi connectivity index (χ1) is 17.7. The number of hydrogen-bond acceptors (Lipinski definition) is 6. The highest BCUT2D eigenvalue weighted by molar-refractivity contribution is 5.94. The van der Waals surface area contributed by atoms with E-state index >= 15 is 0 Å². The Morgan fingerprint density at radius 3 is 2.51 bits per heavy atom. The average Bonchev–Trinajstić information content (AvgIpc) is 2.92. The maximum atomic E-state index is 13.1. The van der Waals surface area contributed by atoms with E-state index in [4.69, 9.17) is 16.3 Å². The van der Waals surface area contributed by atoms with Gasteiger partial charge in [0.05, 0.1) is 24.9 Å². The monoisotopic (exact) mass is 500 g/mol. The van der Waals surface area contributed by atoms with Crippen LogP contribution in [0.3, 0.4) is 0 Å². The molecule has 1 atom stereocenters. The van der Waals surface area contributed by atoms with Gasteiger partial charge in [-0.05, 0) is 78.8 Å². The molecular weight excluding hydrogens is 464 g/mol. The molecule has 1 aliphatic rings. The van der Waals surface area contributed by atoms with Gasteiger partial charge in [0.2, 0.25) is 0 Å². The number of benzene rings is 3. The van der Waals surface area contributed by atoms with Crippen LogP contribution in [0.25, 0.3) is 0 Å². The van der Waals surface area contributed by atoms with Crippen molar-refractivity contribution in [3.8, 4) is 0 Å². The first-order valence-electron chi connectivity index (χ1n) is 12.7. The smallest absolute Gasteiger partial charge is 0.306 e. The number of carbonyl (C=O) groups is 2. The summed E-state index contributed by atoms with van der Waals surface area (Å²) in [5.74, 6) is 5.61. The number of hydrogen-bond donors (Lipinski definition) is 2. The van der Waals surface area contributed by atoms with Crippen molar-refractivity contribution >= 4 is 23.3 Å². The van der Waals surface area contributed by atoms with Crippen molar-refractivity contribution in [2.24, 2.45) is 5.84 Å². The van der Waals surface area contributed by atoms with Crippen LogP contribution in [0.5, 0.6) is 0 Å². The van der Waals surface area contributed by atoms with Crippen molar-refractivity contribution in [3.05, 3.63) is 93.5 Å². The molecule has 0 bridgehead atoms. The molecule has 0 radical (unpaired) electrons. The summed E-state index contributed by atoms with van der Waals surface area (Å²) in [4.78, 5) is 27.6. The number of nitrogens with zero attached hydrogens (tertiary/aromatic N) is 2. The van der Waals surface area contributed by atoms with Gasteiger partial charge in [-0.3, -0.25) is 9.59 Å². The lowest BCUT2D eigenvalue weighted by molar-refractivity contribution is -0.140. The first kappa shape index (κ1) is 26.2. The van der Waals surface area contributed by atoms with Gasteiger partial charge in [-0.25, -0.2) is 5.84 Å². The molecule has 4 N–H and O–H groups in total. The molecule has 0 spiro atoms. The number of rotatable bonds is 7. The van der Waals surface area contributed by atoms with E-state index in [1.54, 1.807) is 5.01 Å². The Bertz CT molecular complexity index is 1310. The van der Waals surface area contributed by atoms with E-state index in [0.29, 0.717) is 30.9 Å². The average molecular weight is 501 g/mol. The third-order valence-corrected chi connectivity index (χ3v) is 7.45. The number of nitrogens with two attached hydrogens (primary N) is 2. The van der Waals surface area contributed by atoms with Crippen LogP contribution in [0.15, 0.2) is 54.6 Å². The number of methoxy groups -OCH3 is 1. The van der Waals surface area contributed by atoms with Crippen molar-refractivity contribution in [2.45, 2.75) is 46.1 Å². The molecular formula is C30H36N4O3. The highest BCUT2D eigenvalue weighted by Gasteiger charge is 2.27. The molecule has 0 saturated heterocycles. The minimum Gasteiger partial charge on any atom is -0.469 e. The van der Waals surface area contributed by atoms with Gasteiger partial charge in [-0.2, -0.15) is 0 Å². The van der Waals surface area contributed by atoms with Crippen LogP contribution in [-0.2, 0) is 22.5 Å². The summed E-state index contributed by atoms with van der Waals surface area (Å²) in [7, 11) is 1.41. The van der Waals surface area contributed by atoms with E-state index in [9.17, 15) is 9.59 Å². The zero-order chi connectivity index (χ0) is 26.7. The molecule has 1 unspecified atom stereocenters. The molecule has 194 valence electrons. The molecule has 4 rings (SSSR count). The molecule has 0 saturated carbocycles. The lowest BCUT2D eigenvalue weighted by Crippen LogP contribution is -2.36. The predicted octanol–water partition coefficient (Wildman–Crippen LogP) is 4.48. The summed E-state index contributed by atoms with van der Waals surface area (Å²) in [5.41, 5.74) is 15.0. The Labute approximate surface area is 219 Å². The maximum absolute atomic E-state index is 13.1. The normalized spacial score (nSPS) is 13.6. The van der Waals surface area contributed by atoms with Crippen LogP contribution in [-0.4, -0.2) is 37.0 Å². The van der Waals surface area contributed by atoms with E-state index in [2.05, 4.69) is 19.1 Å². The summed E-state index contributed by atoms with van der Waals surface area (Å²) < 4.78 is 5.06. The third kappa shape index (κ3) is 5.32. The second-order valence-electron chi connectivity index (χ2n) is 9.65. The first-order valence-corrected chi connectivity index (χ1v) is 12.7. The summed E-state index contributed by atoms with van der Waals surface area (Å²) in [6, 6.07) is 17.6. The van der Waals surface area contributed by atoms with Gasteiger partial charge < -0.3 is 20.4 Å². The number of nitrogen functional groups attached to an aromatic ring is 1. The Hall–Kier alpha value is -3.84. The number of carbonyl (C=O) groups excluding carboxylic acids is 2. The molecule has 7 nitrogen and oxygen atoms in total. The highest BCUT2D eigenvalue weighted by Crippen LogP contribution is 2.38. The Balaban J connectivity index is 1.74. The van der Waals surface area contributed by atoms with Gasteiger partial charge in [0.1, 0.15) is 0 Å². The summed E-state index contributed by atoms with van der Waals surface area (Å²) in [6.45, 7) is 7.86. The van der Waals surface area contributed by atoms with Crippen LogP contribution in [0, 0.1) is 13.8 Å². The van der Waals surface area contributed by atoms with Gasteiger partial charge in [0, 0.05) is 31.1 Å². The summed E-state index contributed by atoms with van der Waals surface area (Å²) >= 11 is 0. The molecule has 3 aromatic carbocycles. The minimum absolute atomic E-state index is 0.0295. The van der Waals surface area contributed by atoms with Crippen molar-refractivity contribution in [1.82, 2.24) is 4.90 Å². The van der Waals surface area contributed by atoms with Crippen LogP contribution >= 0.6 is 0 Å². The van der Waals surface area contributed by atoms with E-state index in [1.165, 1.54) is 12.7 Å². The lowest BCUT2D eigenvalue weighted by Gasteiger charge is -2.31. The number of esters is 1. The number of amides is 1. The summed E-state index contributed by atoms with van der Waals surface area (Å²) in [5, 5.41) is 1.61. The van der Waals surface area contributed by atoms with Crippen molar-refractivity contribution in [1.29, 1.82) is 0 Å². The van der Waals surface area contributed by atoms with Crippen molar-refractivity contribution < 1.29 is 14.3 Å². The minimum atomic E-state index is -0.294. The third-order valence-electron chi connectivity index (χ3n) is 7.45. The lowest BCUT2D eigenvalue weighted by atomic mass is 9.82. The zero-order valence-corrected chi connectivity index (χ0v) is 22.1. The number of aryl methyl sites for hydroxylation is 1. The number of ether oxygens (including phenoxy) is 1. The maximum Gasteiger partial charge on any atom is 0.306 e. The summed E-state index contributed by atoms with van der Waals surface area (Å²) in [6.07, 6.45) is 0.979. The molecule has 1 heterocycles. The van der Waals surface area contributed by atoms with Gasteiger partial charge in [-0.15, -0.1) is 0 Å². The van der Waals surface area contributed by atoms with Gasteiger partial charge in [0.15, 0.2) is 0 Å². The van der Waals surface area contributed by atoms with Crippen LogP contribution < -0.4 is 16.6 Å². The van der Waals surface area contributed by atoms with Crippen LogP contribution in [0.1, 0.15) is 63.0 Å². The van der Waals surface area contributed by atoms with E-state index < -0.39 is 0 Å². The quantitative estimate of drug-likeness (QED) is 0.215. The molecule has 0 aliphatic carbocycles. The molecule has 1 amide bonds. The number of fused-ring (bicyclic) bond motifs is 1. The topological polar surface area (TPSA) is 102 Å². The standard InChI is InChI=1S/C30H36N4O3/c1-5-34(32)27-12-11-25(20(3)29(27)31)26(17-28(35)37-4)22-15-19(2)24-13-14-33(18-23(24)16-22)30(36)21-9-7-6-8-10-21/h6-12,15-16,26H,5,13-14,17-18,31-32H2,1-4H3. The largest absolute Gasteiger partial charge is 0.469 e. The second kappa shape index (κ2) is 11.0. The van der Waals surface area contributed by atoms with Crippen molar-refractivity contribution in [3.63, 3.8) is 0 Å². The number of hydrazine groups is 1. The van der Waals surface area contributed by atoms with Crippen molar-refractivity contribution in [2.75, 3.05) is 30.9 Å². The fourth-order valence-electron chi connectivity index (χ4n) is 5.28. The van der Waals surface area contributed by atoms with Gasteiger partial charge >= 0.3 is 5.97 Å². The van der Waals surface area contributed by atoms with Crippen LogP contribution in [0.2, 0.25) is 0 Å². The number of anilines is 2. The molecule has 0 aromatic heterocycles. The molecule has 3 aromatic rings. The van der Waals surface area contributed by atoms with E-state index in [-0.39, 0.29) is 24.2 Å². The Kier molecular flexibility index (Phi) is 7.83. The molecule has 0 fully saturated rings. The molecule has 7 heteroatoms. The fourth-order valence-corrected chi connectivity index (χ4v) is 5.28. The predicted molar refractivity (Wildman–Crippen MR) is 147 cm³/mol. The highest BCUT2D eigenvalue weighted by atomic mass is 16.5. The van der Waals surface area contributed by atoms with Gasteiger partial charge in [0.25, 0.3) is 5.91 Å². The van der Waals surface area contributed by atoms with Crippen LogP contribution in [0.4, 0.5) is 11.4 Å². The Morgan fingerprint density at radius 2 is 1.84 bits per heavy atom. The van der Waals surface area contributed by atoms with E-state index in [0.717, 1.165) is 39.9 Å². The Morgan fingerprint density at radius 1 is 1.11 bits per heavy atom. The SMILES string of the molecule is CCN(N)c1ccc(C(CC(=O)OC)c2cc(C)c3c(c2)CN(C(=O)c2ccccc2)CC3)c(C)c1N. The van der Waals surface area contributed by atoms with E-state index in [1.807, 2.05) is 61.2 Å².